The van der Waals surface area contributed by atoms with E-state index in [2.05, 4.69) is 26.5 Å². The minimum atomic E-state index is -0.801. The molecule has 7 nitrogen and oxygen atoms in total. The first-order valence-electron chi connectivity index (χ1n) is 9.38. The molecule has 0 unspecified atom stereocenters. The number of hydrazone groups is 1. The summed E-state index contributed by atoms with van der Waals surface area (Å²) >= 11 is 3.33. The summed E-state index contributed by atoms with van der Waals surface area (Å²) in [6, 6.07) is 20.9. The number of nitrogens with zero attached hydrogens (tertiary/aromatic N) is 1. The summed E-state index contributed by atoms with van der Waals surface area (Å²) in [4.78, 5) is 24.6. The van der Waals surface area contributed by atoms with Crippen LogP contribution in [0.5, 0.6) is 17.2 Å². The van der Waals surface area contributed by atoms with Crippen molar-refractivity contribution in [2.24, 2.45) is 5.10 Å². The molecule has 0 saturated heterocycles. The van der Waals surface area contributed by atoms with Gasteiger partial charge < -0.3 is 14.2 Å². The Bertz CT molecular complexity index is 1150. The second kappa shape index (κ2) is 9.44. The Morgan fingerprint density at radius 1 is 1.03 bits per heavy atom. The number of hydrogen-bond acceptors (Lipinski definition) is 6. The van der Waals surface area contributed by atoms with Crippen molar-refractivity contribution >= 4 is 34.0 Å². The number of ether oxygens (including phenoxy) is 3. The highest BCUT2D eigenvalue weighted by Crippen LogP contribution is 2.30. The number of para-hydroxylation sites is 2. The molecule has 0 aliphatic carbocycles. The van der Waals surface area contributed by atoms with Crippen molar-refractivity contribution in [1.29, 1.82) is 0 Å². The van der Waals surface area contributed by atoms with Gasteiger partial charge in [0.05, 0.1) is 11.8 Å². The molecule has 8 heteroatoms. The smallest absolute Gasteiger partial charge is 0.343 e. The molecule has 1 N–H and O–H groups in total. The van der Waals surface area contributed by atoms with Crippen LogP contribution in [0.3, 0.4) is 0 Å². The molecule has 0 fully saturated rings. The third kappa shape index (κ3) is 5.29. The molecule has 0 aromatic heterocycles. The molecular weight excluding hydrogens is 464 g/mol. The number of amides is 1. The van der Waals surface area contributed by atoms with Crippen LogP contribution >= 0.6 is 15.9 Å². The van der Waals surface area contributed by atoms with Gasteiger partial charge in [0, 0.05) is 4.47 Å². The number of carbonyl (C=O) groups excluding carboxylic acids is 2. The first kappa shape index (κ1) is 20.6. The highest BCUT2D eigenvalue weighted by Gasteiger charge is 2.26. The van der Waals surface area contributed by atoms with E-state index in [1.165, 1.54) is 6.21 Å². The van der Waals surface area contributed by atoms with E-state index in [1.54, 1.807) is 60.7 Å². The van der Waals surface area contributed by atoms with Gasteiger partial charge >= 0.3 is 5.97 Å². The van der Waals surface area contributed by atoms with E-state index >= 15 is 0 Å². The summed E-state index contributed by atoms with van der Waals surface area (Å²) in [7, 11) is 0. The number of carbonyl (C=O) groups is 2. The average Bonchev–Trinajstić information content (AvgIpc) is 2.79. The minimum Gasteiger partial charge on any atom is -0.485 e. The second-order valence-electron chi connectivity index (χ2n) is 6.57. The van der Waals surface area contributed by atoms with Gasteiger partial charge in [0.2, 0.25) is 6.10 Å². The molecular formula is C23H17BrN2O5. The lowest BCUT2D eigenvalue weighted by atomic mass is 10.2. The number of halogens is 1. The molecule has 0 bridgehead atoms. The highest BCUT2D eigenvalue weighted by molar-refractivity contribution is 9.10. The van der Waals surface area contributed by atoms with Crippen LogP contribution < -0.4 is 19.6 Å². The monoisotopic (exact) mass is 480 g/mol. The predicted octanol–water partition coefficient (Wildman–Crippen LogP) is 3.96. The summed E-state index contributed by atoms with van der Waals surface area (Å²) in [6.45, 7) is 0.0966. The Morgan fingerprint density at radius 2 is 1.84 bits per heavy atom. The maximum atomic E-state index is 12.3. The number of rotatable bonds is 5. The van der Waals surface area contributed by atoms with Crippen LogP contribution in [-0.4, -0.2) is 30.8 Å². The van der Waals surface area contributed by atoms with Gasteiger partial charge in [-0.05, 0) is 48.0 Å². The van der Waals surface area contributed by atoms with Crippen LogP contribution in [0.15, 0.2) is 82.4 Å². The number of esters is 1. The summed E-state index contributed by atoms with van der Waals surface area (Å²) in [6.07, 6.45) is 0.649. The molecule has 0 spiro atoms. The van der Waals surface area contributed by atoms with Crippen LogP contribution in [0, 0.1) is 0 Å². The van der Waals surface area contributed by atoms with Crippen LogP contribution in [0.1, 0.15) is 15.9 Å². The SMILES string of the molecule is O=C(Oc1cccc(C=NNC(=O)[C@H]2COc3ccccc3O2)c1)c1cccc(Br)c1. The van der Waals surface area contributed by atoms with Gasteiger partial charge in [0.15, 0.2) is 11.5 Å². The molecule has 4 rings (SSSR count). The third-order valence-corrected chi connectivity index (χ3v) is 4.81. The molecule has 0 saturated carbocycles. The van der Waals surface area contributed by atoms with E-state index in [-0.39, 0.29) is 6.61 Å². The van der Waals surface area contributed by atoms with E-state index in [0.29, 0.717) is 28.4 Å². The van der Waals surface area contributed by atoms with Crippen molar-refractivity contribution in [2.75, 3.05) is 6.61 Å². The molecule has 3 aromatic rings. The second-order valence-corrected chi connectivity index (χ2v) is 7.49. The van der Waals surface area contributed by atoms with E-state index < -0.39 is 18.0 Å². The van der Waals surface area contributed by atoms with Gasteiger partial charge in [0.1, 0.15) is 12.4 Å². The van der Waals surface area contributed by atoms with Crippen LogP contribution in [-0.2, 0) is 4.79 Å². The van der Waals surface area contributed by atoms with Crippen molar-refractivity contribution in [3.63, 3.8) is 0 Å². The molecule has 31 heavy (non-hydrogen) atoms. The molecule has 1 aliphatic heterocycles. The normalized spacial score (nSPS) is 14.8. The van der Waals surface area contributed by atoms with Crippen LogP contribution in [0.25, 0.3) is 0 Å². The summed E-state index contributed by atoms with van der Waals surface area (Å²) in [5.41, 5.74) is 3.51. The maximum absolute atomic E-state index is 12.3. The van der Waals surface area contributed by atoms with Crippen molar-refractivity contribution < 1.29 is 23.8 Å². The number of fused-ring (bicyclic) bond motifs is 1. The lowest BCUT2D eigenvalue weighted by Crippen LogP contribution is -2.42. The molecule has 1 amide bonds. The number of benzene rings is 3. The van der Waals surface area contributed by atoms with Crippen LogP contribution in [0.2, 0.25) is 0 Å². The van der Waals surface area contributed by atoms with E-state index in [0.717, 1.165) is 4.47 Å². The Labute approximate surface area is 186 Å². The van der Waals surface area contributed by atoms with Gasteiger partial charge in [-0.1, -0.05) is 46.3 Å². The summed E-state index contributed by atoms with van der Waals surface area (Å²) in [5, 5.41) is 3.96. The molecule has 3 aromatic carbocycles. The van der Waals surface area contributed by atoms with Gasteiger partial charge in [-0.3, -0.25) is 4.79 Å². The highest BCUT2D eigenvalue weighted by atomic mass is 79.9. The fourth-order valence-electron chi connectivity index (χ4n) is 2.83. The van der Waals surface area contributed by atoms with Crippen molar-refractivity contribution in [3.8, 4) is 17.2 Å². The largest absolute Gasteiger partial charge is 0.485 e. The minimum absolute atomic E-state index is 0.0966. The Balaban J connectivity index is 1.34. The van der Waals surface area contributed by atoms with E-state index in [9.17, 15) is 9.59 Å². The lowest BCUT2D eigenvalue weighted by Gasteiger charge is -2.24. The fourth-order valence-corrected chi connectivity index (χ4v) is 3.23. The van der Waals surface area contributed by atoms with Crippen molar-refractivity contribution in [3.05, 3.63) is 88.4 Å². The zero-order chi connectivity index (χ0) is 21.6. The third-order valence-electron chi connectivity index (χ3n) is 4.32. The summed E-state index contributed by atoms with van der Waals surface area (Å²) in [5.74, 6) is 0.574. The number of nitrogens with one attached hydrogen (secondary N) is 1. The molecule has 1 heterocycles. The Kier molecular flexibility index (Phi) is 6.28. The van der Waals surface area contributed by atoms with Gasteiger partial charge in [-0.25, -0.2) is 10.2 Å². The van der Waals surface area contributed by atoms with Gasteiger partial charge in [0.25, 0.3) is 5.91 Å². The van der Waals surface area contributed by atoms with Gasteiger partial charge in [-0.2, -0.15) is 5.10 Å². The first-order valence-corrected chi connectivity index (χ1v) is 10.2. The van der Waals surface area contributed by atoms with Crippen molar-refractivity contribution in [2.45, 2.75) is 6.10 Å². The van der Waals surface area contributed by atoms with Crippen LogP contribution in [0.4, 0.5) is 0 Å². The number of hydrogen-bond donors (Lipinski definition) is 1. The van der Waals surface area contributed by atoms with Gasteiger partial charge in [-0.15, -0.1) is 0 Å². The standard InChI is InChI=1S/C23H17BrN2O5/c24-17-7-4-6-16(12-17)23(28)30-18-8-3-5-15(11-18)13-25-26-22(27)21-14-29-19-9-1-2-10-20(19)31-21/h1-13,21H,14H2,(H,26,27)/t21-/m1/s1. The average molecular weight is 481 g/mol. The zero-order valence-electron chi connectivity index (χ0n) is 16.2. The Hall–Kier alpha value is -3.65. The topological polar surface area (TPSA) is 86.2 Å². The predicted molar refractivity (Wildman–Crippen MR) is 118 cm³/mol. The maximum Gasteiger partial charge on any atom is 0.343 e. The summed E-state index contributed by atoms with van der Waals surface area (Å²) < 4.78 is 17.4. The Morgan fingerprint density at radius 3 is 2.68 bits per heavy atom. The fraction of sp³-hybridized carbons (Fsp3) is 0.0870. The van der Waals surface area contributed by atoms with E-state index in [1.807, 2.05) is 12.1 Å². The molecule has 0 radical (unpaired) electrons. The van der Waals surface area contributed by atoms with E-state index in [4.69, 9.17) is 14.2 Å². The zero-order valence-corrected chi connectivity index (χ0v) is 17.7. The first-order chi connectivity index (χ1) is 15.1. The lowest BCUT2D eigenvalue weighted by molar-refractivity contribution is -0.130. The van der Waals surface area contributed by atoms with Crippen molar-refractivity contribution in [1.82, 2.24) is 5.43 Å². The molecule has 156 valence electrons. The molecule has 1 atom stereocenters. The molecule has 1 aliphatic rings. The quantitative estimate of drug-likeness (QED) is 0.258.